The van der Waals surface area contributed by atoms with Crippen molar-refractivity contribution in [3.63, 3.8) is 0 Å². The van der Waals surface area contributed by atoms with Crippen molar-refractivity contribution in [1.82, 2.24) is 15.1 Å². The zero-order valence-corrected chi connectivity index (χ0v) is 23.8. The predicted octanol–water partition coefficient (Wildman–Crippen LogP) is 7.21. The van der Waals surface area contributed by atoms with E-state index in [1.165, 1.54) is 26.0 Å². The summed E-state index contributed by atoms with van der Waals surface area (Å²) in [5, 5.41) is 14.1. The van der Waals surface area contributed by atoms with Crippen LogP contribution in [0.2, 0.25) is 0 Å². The van der Waals surface area contributed by atoms with E-state index >= 15 is 0 Å². The van der Waals surface area contributed by atoms with Gasteiger partial charge < -0.3 is 14.4 Å². The average Bonchev–Trinajstić information content (AvgIpc) is 3.63. The molecule has 1 aromatic carbocycles. The first-order chi connectivity index (χ1) is 19.6. The molecule has 42 heavy (non-hydrogen) atoms. The second-order valence-corrected chi connectivity index (χ2v) is 11.4. The summed E-state index contributed by atoms with van der Waals surface area (Å²) in [5.74, 6) is -0.263. The van der Waals surface area contributed by atoms with Gasteiger partial charge in [0.15, 0.2) is 5.82 Å². The third kappa shape index (κ3) is 7.42. The maximum absolute atomic E-state index is 14.8. The van der Waals surface area contributed by atoms with E-state index in [0.29, 0.717) is 43.3 Å². The lowest BCUT2D eigenvalue weighted by Crippen LogP contribution is -2.47. The Hall–Kier alpha value is -3.61. The number of unbranched alkanes of at least 4 members (excludes halogenated alkanes) is 2. The SMILES string of the molecule is CC(C)(O)c1ccc(-c2cc(N(CCCCCc3nc(C4CC4)no3)C(=O)OC(C)(C)C(F)(F)F)ncc2F)cc1F. The molecule has 2 heterocycles. The molecule has 0 bridgehead atoms. The molecule has 1 fully saturated rings. The summed E-state index contributed by atoms with van der Waals surface area (Å²) in [6.07, 6.45) is -1.30. The molecular formula is C29H33F5N4O4. The molecule has 2 aromatic heterocycles. The molecule has 1 N–H and O–H groups in total. The fourth-order valence-electron chi connectivity index (χ4n) is 4.21. The maximum atomic E-state index is 14.8. The summed E-state index contributed by atoms with van der Waals surface area (Å²) in [6, 6.07) is 4.86. The molecule has 228 valence electrons. The second-order valence-electron chi connectivity index (χ2n) is 11.4. The van der Waals surface area contributed by atoms with Gasteiger partial charge in [0, 0.05) is 30.0 Å². The molecule has 0 atom stereocenters. The van der Waals surface area contributed by atoms with Crippen LogP contribution in [0.4, 0.5) is 32.6 Å². The van der Waals surface area contributed by atoms with Crippen molar-refractivity contribution in [2.45, 2.75) is 89.5 Å². The van der Waals surface area contributed by atoms with Crippen LogP contribution in [0.25, 0.3) is 11.1 Å². The van der Waals surface area contributed by atoms with E-state index < -0.39 is 35.1 Å². The first-order valence-electron chi connectivity index (χ1n) is 13.6. The van der Waals surface area contributed by atoms with Crippen molar-refractivity contribution < 1.29 is 41.1 Å². The number of halogens is 5. The summed E-state index contributed by atoms with van der Waals surface area (Å²) in [6.45, 7) is 4.15. The number of benzene rings is 1. The number of aliphatic hydroxyl groups is 1. The molecule has 13 heteroatoms. The van der Waals surface area contributed by atoms with Gasteiger partial charge in [-0.3, -0.25) is 4.90 Å². The fourth-order valence-corrected chi connectivity index (χ4v) is 4.21. The van der Waals surface area contributed by atoms with E-state index in [9.17, 15) is 31.9 Å². The van der Waals surface area contributed by atoms with E-state index in [0.717, 1.165) is 49.9 Å². The van der Waals surface area contributed by atoms with Gasteiger partial charge in [-0.2, -0.15) is 18.2 Å². The van der Waals surface area contributed by atoms with Gasteiger partial charge in [0.1, 0.15) is 17.5 Å². The van der Waals surface area contributed by atoms with Crippen LogP contribution in [0.5, 0.6) is 0 Å². The first-order valence-corrected chi connectivity index (χ1v) is 13.6. The predicted molar refractivity (Wildman–Crippen MR) is 143 cm³/mol. The number of ether oxygens (including phenoxy) is 1. The van der Waals surface area contributed by atoms with Gasteiger partial charge in [-0.15, -0.1) is 0 Å². The summed E-state index contributed by atoms with van der Waals surface area (Å²) < 4.78 is 80.1. The van der Waals surface area contributed by atoms with Gasteiger partial charge in [0.25, 0.3) is 0 Å². The van der Waals surface area contributed by atoms with Crippen LogP contribution >= 0.6 is 0 Å². The van der Waals surface area contributed by atoms with Crippen molar-refractivity contribution in [2.75, 3.05) is 11.4 Å². The van der Waals surface area contributed by atoms with Crippen molar-refractivity contribution in [3.05, 3.63) is 59.4 Å². The van der Waals surface area contributed by atoms with Crippen LogP contribution in [0.3, 0.4) is 0 Å². The highest BCUT2D eigenvalue weighted by atomic mass is 19.4. The Morgan fingerprint density at radius 3 is 2.40 bits per heavy atom. The highest BCUT2D eigenvalue weighted by Crippen LogP contribution is 2.38. The minimum Gasteiger partial charge on any atom is -0.433 e. The number of carbonyl (C=O) groups excluding carboxylic acids is 1. The van der Waals surface area contributed by atoms with Gasteiger partial charge in [-0.25, -0.2) is 18.6 Å². The highest BCUT2D eigenvalue weighted by Gasteiger charge is 2.51. The maximum Gasteiger partial charge on any atom is 0.427 e. The van der Waals surface area contributed by atoms with Crippen LogP contribution in [0.15, 0.2) is 35.0 Å². The highest BCUT2D eigenvalue weighted by molar-refractivity contribution is 5.87. The van der Waals surface area contributed by atoms with Gasteiger partial charge in [0.2, 0.25) is 11.5 Å². The van der Waals surface area contributed by atoms with Gasteiger partial charge >= 0.3 is 12.3 Å². The van der Waals surface area contributed by atoms with Crippen LogP contribution in [-0.4, -0.2) is 44.6 Å². The Morgan fingerprint density at radius 1 is 1.07 bits per heavy atom. The summed E-state index contributed by atoms with van der Waals surface area (Å²) in [7, 11) is 0. The number of carbonyl (C=O) groups is 1. The molecule has 1 saturated carbocycles. The molecule has 1 aliphatic carbocycles. The number of aryl methyl sites for hydroxylation is 1. The fraction of sp³-hybridized carbons (Fsp3) is 0.517. The number of aromatic nitrogens is 3. The van der Waals surface area contributed by atoms with Crippen LogP contribution in [0.1, 0.15) is 83.0 Å². The molecule has 8 nitrogen and oxygen atoms in total. The number of rotatable bonds is 11. The number of hydrogen-bond donors (Lipinski definition) is 1. The van der Waals surface area contributed by atoms with Crippen molar-refractivity contribution >= 4 is 11.9 Å². The van der Waals surface area contributed by atoms with E-state index in [1.807, 2.05) is 0 Å². The Kier molecular flexibility index (Phi) is 8.91. The van der Waals surface area contributed by atoms with E-state index in [4.69, 9.17) is 9.26 Å². The zero-order valence-electron chi connectivity index (χ0n) is 23.8. The molecule has 3 aromatic rings. The smallest absolute Gasteiger partial charge is 0.427 e. The van der Waals surface area contributed by atoms with E-state index in [-0.39, 0.29) is 29.1 Å². The molecular weight excluding hydrogens is 563 g/mol. The quantitative estimate of drug-likeness (QED) is 0.184. The number of anilines is 1. The average molecular weight is 597 g/mol. The zero-order chi connectivity index (χ0) is 30.9. The van der Waals surface area contributed by atoms with Crippen molar-refractivity contribution in [1.29, 1.82) is 0 Å². The Balaban J connectivity index is 1.53. The molecule has 0 saturated heterocycles. The summed E-state index contributed by atoms with van der Waals surface area (Å²) in [4.78, 5) is 22.2. The summed E-state index contributed by atoms with van der Waals surface area (Å²) >= 11 is 0. The molecule has 0 aliphatic heterocycles. The third-order valence-electron chi connectivity index (χ3n) is 7.00. The minimum absolute atomic E-state index is 0.00943. The van der Waals surface area contributed by atoms with Gasteiger partial charge in [-0.05, 0) is 71.1 Å². The molecule has 1 amide bonds. The van der Waals surface area contributed by atoms with Crippen LogP contribution in [-0.2, 0) is 16.8 Å². The van der Waals surface area contributed by atoms with E-state index in [1.54, 1.807) is 0 Å². The standard InChI is InChI=1S/C29H33F5N4O4/c1-27(2,40)20-12-11-18(14-21(20)30)19-15-23(35-16-22(19)31)38(26(39)41-28(3,4)29(32,33)34)13-7-5-6-8-24-36-25(37-42-24)17-9-10-17/h11-12,14-17,40H,5-10,13H2,1-4H3. The minimum atomic E-state index is -4.85. The first kappa shape index (κ1) is 31.3. The third-order valence-corrected chi connectivity index (χ3v) is 7.00. The van der Waals surface area contributed by atoms with Crippen LogP contribution < -0.4 is 4.90 Å². The Labute approximate surface area is 239 Å². The normalized spacial score (nSPS) is 14.2. The monoisotopic (exact) mass is 596 g/mol. The van der Waals surface area contributed by atoms with Gasteiger partial charge in [0.05, 0.1) is 11.8 Å². The number of pyridine rings is 1. The second kappa shape index (κ2) is 11.9. The number of alkyl halides is 3. The number of hydrogen-bond acceptors (Lipinski definition) is 7. The van der Waals surface area contributed by atoms with Crippen molar-refractivity contribution in [3.8, 4) is 11.1 Å². The Morgan fingerprint density at radius 2 is 1.79 bits per heavy atom. The molecule has 1 aliphatic rings. The molecule has 4 rings (SSSR count). The molecule has 0 spiro atoms. The van der Waals surface area contributed by atoms with Crippen molar-refractivity contribution in [2.24, 2.45) is 0 Å². The molecule has 0 radical (unpaired) electrons. The lowest BCUT2D eigenvalue weighted by molar-refractivity contribution is -0.243. The molecule has 0 unspecified atom stereocenters. The number of nitrogens with zero attached hydrogens (tertiary/aromatic N) is 4. The largest absolute Gasteiger partial charge is 0.433 e. The number of amides is 1. The van der Waals surface area contributed by atoms with Gasteiger partial charge in [-0.1, -0.05) is 23.7 Å². The lowest BCUT2D eigenvalue weighted by Gasteiger charge is -2.31. The lowest BCUT2D eigenvalue weighted by atomic mass is 9.95. The Bertz CT molecular complexity index is 1410. The van der Waals surface area contributed by atoms with Crippen LogP contribution in [0, 0.1) is 11.6 Å². The van der Waals surface area contributed by atoms with E-state index in [2.05, 4.69) is 15.1 Å². The summed E-state index contributed by atoms with van der Waals surface area (Å²) in [5.41, 5.74) is -4.37. The topological polar surface area (TPSA) is 102 Å².